The van der Waals surface area contributed by atoms with Crippen molar-refractivity contribution >= 4 is 42.4 Å². The summed E-state index contributed by atoms with van der Waals surface area (Å²) in [5, 5.41) is 6.39. The molecule has 2 aromatic heterocycles. The fourth-order valence-corrected chi connectivity index (χ4v) is 3.62. The van der Waals surface area contributed by atoms with Gasteiger partial charge in [-0.3, -0.25) is 0 Å². The predicted molar refractivity (Wildman–Crippen MR) is 63.6 cm³/mol. The van der Waals surface area contributed by atoms with Crippen LogP contribution in [0.15, 0.2) is 21.4 Å². The summed E-state index contributed by atoms with van der Waals surface area (Å²) in [4.78, 5) is 12.2. The maximum atomic E-state index is 11.5. The van der Waals surface area contributed by atoms with E-state index in [2.05, 4.69) is 32.2 Å². The van der Waals surface area contributed by atoms with Gasteiger partial charge in [0.25, 0.3) is 0 Å². The third-order valence-corrected chi connectivity index (χ3v) is 3.83. The molecule has 0 spiro atoms. The van der Waals surface area contributed by atoms with Crippen molar-refractivity contribution in [1.82, 2.24) is 14.6 Å². The monoisotopic (exact) mass is 283 g/mol. The van der Waals surface area contributed by atoms with Crippen LogP contribution in [0.5, 0.6) is 0 Å². The van der Waals surface area contributed by atoms with Crippen LogP contribution in [0.25, 0.3) is 15.2 Å². The number of rotatable bonds is 0. The number of H-pyrrole nitrogens is 1. The van der Waals surface area contributed by atoms with Gasteiger partial charge in [-0.25, -0.2) is 14.3 Å². The van der Waals surface area contributed by atoms with Crippen molar-refractivity contribution in [2.24, 2.45) is 0 Å². The molecule has 0 aliphatic rings. The highest BCUT2D eigenvalue weighted by atomic mass is 79.9. The normalized spacial score (nSPS) is 11.6. The molecule has 15 heavy (non-hydrogen) atoms. The van der Waals surface area contributed by atoms with Crippen molar-refractivity contribution in [2.75, 3.05) is 0 Å². The Morgan fingerprint density at radius 3 is 3.13 bits per heavy atom. The number of nitrogens with one attached hydrogen (secondary N) is 1. The van der Waals surface area contributed by atoms with Crippen LogP contribution >= 0.6 is 27.3 Å². The second kappa shape index (κ2) is 2.93. The SMILES string of the molecule is Cc1cc(Br)c2c(c1)sc1n[nH]c(=O)n12. The van der Waals surface area contributed by atoms with Crippen LogP contribution in [0, 0.1) is 6.92 Å². The Hall–Kier alpha value is -1.14. The molecule has 4 nitrogen and oxygen atoms in total. The number of aromatic nitrogens is 3. The lowest BCUT2D eigenvalue weighted by Crippen LogP contribution is -2.08. The van der Waals surface area contributed by atoms with Crippen molar-refractivity contribution in [3.8, 4) is 0 Å². The van der Waals surface area contributed by atoms with Crippen LogP contribution in [0.1, 0.15) is 5.56 Å². The number of thiazole rings is 1. The summed E-state index contributed by atoms with van der Waals surface area (Å²) in [7, 11) is 0. The number of aromatic amines is 1. The Kier molecular flexibility index (Phi) is 1.78. The number of hydrogen-bond donors (Lipinski definition) is 1. The minimum atomic E-state index is -0.194. The van der Waals surface area contributed by atoms with E-state index in [1.54, 1.807) is 4.40 Å². The average molecular weight is 284 g/mol. The fourth-order valence-electron chi connectivity index (χ4n) is 1.64. The maximum absolute atomic E-state index is 11.5. The summed E-state index contributed by atoms with van der Waals surface area (Å²) >= 11 is 4.97. The zero-order valence-electron chi connectivity index (χ0n) is 7.74. The van der Waals surface area contributed by atoms with E-state index in [9.17, 15) is 4.79 Å². The topological polar surface area (TPSA) is 50.2 Å². The lowest BCUT2D eigenvalue weighted by atomic mass is 10.2. The van der Waals surface area contributed by atoms with Gasteiger partial charge in [-0.1, -0.05) is 11.3 Å². The Bertz CT molecular complexity index is 724. The van der Waals surface area contributed by atoms with Crippen LogP contribution in [0.4, 0.5) is 0 Å². The van der Waals surface area contributed by atoms with E-state index in [-0.39, 0.29) is 5.69 Å². The Morgan fingerprint density at radius 1 is 1.53 bits per heavy atom. The molecule has 2 heterocycles. The first-order valence-electron chi connectivity index (χ1n) is 4.32. The molecule has 0 atom stereocenters. The quantitative estimate of drug-likeness (QED) is 0.688. The largest absolute Gasteiger partial charge is 0.348 e. The first-order valence-corrected chi connectivity index (χ1v) is 5.93. The van der Waals surface area contributed by atoms with Crippen molar-refractivity contribution < 1.29 is 0 Å². The van der Waals surface area contributed by atoms with Gasteiger partial charge >= 0.3 is 5.69 Å². The fraction of sp³-hybridized carbons (Fsp3) is 0.111. The van der Waals surface area contributed by atoms with E-state index in [1.165, 1.54) is 11.3 Å². The predicted octanol–water partition coefficient (Wildman–Crippen LogP) is 2.31. The van der Waals surface area contributed by atoms with Crippen LogP contribution in [-0.2, 0) is 0 Å². The third-order valence-electron chi connectivity index (χ3n) is 2.24. The Morgan fingerprint density at radius 2 is 2.33 bits per heavy atom. The van der Waals surface area contributed by atoms with Crippen LogP contribution in [0.3, 0.4) is 0 Å². The first kappa shape index (κ1) is 9.11. The molecule has 6 heteroatoms. The molecular formula is C9H6BrN3OS. The third kappa shape index (κ3) is 1.18. The average Bonchev–Trinajstić information content (AvgIpc) is 2.66. The van der Waals surface area contributed by atoms with Crippen LogP contribution < -0.4 is 5.69 Å². The van der Waals surface area contributed by atoms with E-state index < -0.39 is 0 Å². The summed E-state index contributed by atoms with van der Waals surface area (Å²) in [5.41, 5.74) is 1.86. The van der Waals surface area contributed by atoms with Gasteiger partial charge in [-0.15, -0.1) is 5.10 Å². The highest BCUT2D eigenvalue weighted by Crippen LogP contribution is 2.30. The van der Waals surface area contributed by atoms with Gasteiger partial charge in [0.15, 0.2) is 0 Å². The molecule has 0 aliphatic carbocycles. The van der Waals surface area contributed by atoms with E-state index in [0.717, 1.165) is 20.3 Å². The molecule has 1 aromatic carbocycles. The summed E-state index contributed by atoms with van der Waals surface area (Å²) in [6.07, 6.45) is 0. The highest BCUT2D eigenvalue weighted by molar-refractivity contribution is 9.10. The molecule has 0 unspecified atom stereocenters. The number of halogens is 1. The molecule has 3 rings (SSSR count). The van der Waals surface area contributed by atoms with Gasteiger partial charge in [-0.2, -0.15) is 0 Å². The lowest BCUT2D eigenvalue weighted by molar-refractivity contribution is 1.04. The van der Waals surface area contributed by atoms with E-state index >= 15 is 0 Å². The molecule has 0 aliphatic heterocycles. The molecule has 0 fully saturated rings. The van der Waals surface area contributed by atoms with E-state index in [4.69, 9.17) is 0 Å². The minimum Gasteiger partial charge on any atom is -0.246 e. The number of aryl methyl sites for hydroxylation is 1. The van der Waals surface area contributed by atoms with Crippen molar-refractivity contribution in [3.05, 3.63) is 32.7 Å². The van der Waals surface area contributed by atoms with Crippen molar-refractivity contribution in [3.63, 3.8) is 0 Å². The van der Waals surface area contributed by atoms with Gasteiger partial charge in [0.2, 0.25) is 4.96 Å². The zero-order chi connectivity index (χ0) is 10.6. The molecule has 3 aromatic rings. The molecule has 0 saturated heterocycles. The summed E-state index contributed by atoms with van der Waals surface area (Å²) in [5.74, 6) is 0. The molecule has 76 valence electrons. The van der Waals surface area contributed by atoms with Crippen molar-refractivity contribution in [1.29, 1.82) is 0 Å². The second-order valence-electron chi connectivity index (χ2n) is 3.34. The van der Waals surface area contributed by atoms with Gasteiger partial charge in [0.1, 0.15) is 0 Å². The zero-order valence-corrected chi connectivity index (χ0v) is 10.1. The summed E-state index contributed by atoms with van der Waals surface area (Å²) < 4.78 is 3.58. The Balaban J connectivity index is 2.69. The van der Waals surface area contributed by atoms with Crippen LogP contribution in [0.2, 0.25) is 0 Å². The number of hydrogen-bond acceptors (Lipinski definition) is 3. The molecule has 0 radical (unpaired) electrons. The molecule has 0 amide bonds. The maximum Gasteiger partial charge on any atom is 0.348 e. The number of fused-ring (bicyclic) bond motifs is 3. The van der Waals surface area contributed by atoms with Crippen LogP contribution in [-0.4, -0.2) is 14.6 Å². The van der Waals surface area contributed by atoms with Gasteiger partial charge < -0.3 is 0 Å². The second-order valence-corrected chi connectivity index (χ2v) is 5.21. The molecule has 0 saturated carbocycles. The molecule has 1 N–H and O–H groups in total. The molecule has 0 bridgehead atoms. The first-order chi connectivity index (χ1) is 7.16. The lowest BCUT2D eigenvalue weighted by Gasteiger charge is -1.96. The van der Waals surface area contributed by atoms with Gasteiger partial charge in [0.05, 0.1) is 10.2 Å². The van der Waals surface area contributed by atoms with E-state index in [1.807, 2.05) is 13.0 Å². The highest BCUT2D eigenvalue weighted by Gasteiger charge is 2.11. The number of benzene rings is 1. The minimum absolute atomic E-state index is 0.194. The van der Waals surface area contributed by atoms with Gasteiger partial charge in [-0.05, 0) is 40.5 Å². The summed E-state index contributed by atoms with van der Waals surface area (Å²) in [6, 6.07) is 4.05. The molecular weight excluding hydrogens is 278 g/mol. The van der Waals surface area contributed by atoms with E-state index in [0.29, 0.717) is 4.96 Å². The number of nitrogens with zero attached hydrogens (tertiary/aromatic N) is 2. The van der Waals surface area contributed by atoms with Crippen molar-refractivity contribution in [2.45, 2.75) is 6.92 Å². The Labute approximate surface area is 96.7 Å². The van der Waals surface area contributed by atoms with Gasteiger partial charge in [0, 0.05) is 4.47 Å². The summed E-state index contributed by atoms with van der Waals surface area (Å²) in [6.45, 7) is 2.02. The standard InChI is InChI=1S/C9H6BrN3OS/c1-4-2-5(10)7-6(3-4)15-9-12-11-8(14)13(7)9/h2-3H,1H3,(H,11,14). The smallest absolute Gasteiger partial charge is 0.246 e.